The number of β-amino-alcohol motifs (C(OH)–C–C–N with tert-alkyl or cyclic N) is 1. The predicted octanol–water partition coefficient (Wildman–Crippen LogP) is 1.20. The van der Waals surface area contributed by atoms with Crippen LogP contribution in [-0.2, 0) is 19.1 Å². The van der Waals surface area contributed by atoms with Crippen LogP contribution in [0.15, 0.2) is 48.8 Å². The quantitative estimate of drug-likeness (QED) is 0.657. The third-order valence-corrected chi connectivity index (χ3v) is 5.48. The normalized spacial score (nSPS) is 21.0. The molecule has 0 bridgehead atoms. The lowest BCUT2D eigenvalue weighted by molar-refractivity contribution is -0.132. The molecular weight excluding hydrogens is 431 g/mol. The van der Waals surface area contributed by atoms with Crippen molar-refractivity contribution in [1.82, 2.24) is 9.88 Å². The van der Waals surface area contributed by atoms with E-state index in [2.05, 4.69) is 10.3 Å². The molecule has 1 aromatic carbocycles. The number of hydrogen-bond donors (Lipinski definition) is 2. The first kappa shape index (κ1) is 22.6. The Morgan fingerprint density at radius 2 is 2.15 bits per heavy atom. The number of aromatic nitrogens is 1. The minimum absolute atomic E-state index is 0.00510. The fraction of sp³-hybridized carbons (Fsp3) is 0.304. The van der Waals surface area contributed by atoms with Crippen molar-refractivity contribution in [2.75, 3.05) is 36.5 Å². The van der Waals surface area contributed by atoms with E-state index in [-0.39, 0.29) is 31.2 Å². The van der Waals surface area contributed by atoms with Crippen LogP contribution in [0.3, 0.4) is 0 Å². The summed E-state index contributed by atoms with van der Waals surface area (Å²) in [5, 5.41) is 12.5. The molecule has 172 valence electrons. The number of carbonyl (C=O) groups is 3. The SMILES string of the molecule is O=C(Nc1ccc(N2CCOCC2=O)cc1F)[C@H]1C[C@@H](O)CN1C(=O)/C=C/c1cccnc1. The summed E-state index contributed by atoms with van der Waals surface area (Å²) in [6, 6.07) is 6.62. The second-order valence-electron chi connectivity index (χ2n) is 7.77. The standard InChI is InChI=1S/C23H23FN4O5/c24-18-10-16(27-8-9-33-14-22(27)31)4-5-19(18)26-23(32)20-11-17(29)13-28(20)21(30)6-3-15-2-1-7-25-12-15/h1-7,10,12,17,20,29H,8-9,11,13-14H2,(H,26,32)/b6-3+/t17-,20-/m1/s1. The average Bonchev–Trinajstić information content (AvgIpc) is 3.22. The Bertz CT molecular complexity index is 1080. The number of hydrogen-bond acceptors (Lipinski definition) is 6. The van der Waals surface area contributed by atoms with Crippen LogP contribution in [0.25, 0.3) is 6.08 Å². The zero-order valence-corrected chi connectivity index (χ0v) is 17.7. The van der Waals surface area contributed by atoms with Crippen LogP contribution in [0.2, 0.25) is 0 Å². The molecule has 0 aliphatic carbocycles. The van der Waals surface area contributed by atoms with Gasteiger partial charge in [0.25, 0.3) is 5.91 Å². The largest absolute Gasteiger partial charge is 0.391 e. The molecule has 2 atom stereocenters. The summed E-state index contributed by atoms with van der Waals surface area (Å²) in [5.41, 5.74) is 1.00. The number of halogens is 1. The van der Waals surface area contributed by atoms with Crippen molar-refractivity contribution in [3.63, 3.8) is 0 Å². The summed E-state index contributed by atoms with van der Waals surface area (Å²) in [4.78, 5) is 44.1. The Hall–Kier alpha value is -3.63. The van der Waals surface area contributed by atoms with Crippen molar-refractivity contribution >= 4 is 35.2 Å². The number of likely N-dealkylation sites (tertiary alicyclic amines) is 1. The number of pyridine rings is 1. The highest BCUT2D eigenvalue weighted by Crippen LogP contribution is 2.25. The summed E-state index contributed by atoms with van der Waals surface area (Å²) in [6.07, 6.45) is 5.26. The lowest BCUT2D eigenvalue weighted by Crippen LogP contribution is -2.42. The maximum absolute atomic E-state index is 14.7. The van der Waals surface area contributed by atoms with E-state index in [1.54, 1.807) is 30.6 Å². The van der Waals surface area contributed by atoms with Crippen LogP contribution in [0.1, 0.15) is 12.0 Å². The molecule has 0 saturated carbocycles. The van der Waals surface area contributed by atoms with Crippen LogP contribution in [0, 0.1) is 5.82 Å². The zero-order chi connectivity index (χ0) is 23.4. The number of carbonyl (C=O) groups excluding carboxylic acids is 3. The molecule has 2 saturated heterocycles. The number of aliphatic hydroxyl groups excluding tert-OH is 1. The molecule has 3 heterocycles. The van der Waals surface area contributed by atoms with E-state index in [1.165, 1.54) is 34.1 Å². The summed E-state index contributed by atoms with van der Waals surface area (Å²) in [7, 11) is 0. The Labute approximate surface area is 189 Å². The van der Waals surface area contributed by atoms with Gasteiger partial charge in [0.1, 0.15) is 18.5 Å². The molecular formula is C23H23FN4O5. The number of morpholine rings is 1. The number of rotatable bonds is 5. The van der Waals surface area contributed by atoms with E-state index in [0.29, 0.717) is 24.4 Å². The highest BCUT2D eigenvalue weighted by molar-refractivity contribution is 6.01. The van der Waals surface area contributed by atoms with E-state index in [9.17, 15) is 23.9 Å². The van der Waals surface area contributed by atoms with Gasteiger partial charge in [-0.3, -0.25) is 19.4 Å². The second-order valence-corrected chi connectivity index (χ2v) is 7.77. The molecule has 2 fully saturated rings. The van der Waals surface area contributed by atoms with Gasteiger partial charge in [0.15, 0.2) is 0 Å². The third-order valence-electron chi connectivity index (χ3n) is 5.48. The predicted molar refractivity (Wildman–Crippen MR) is 118 cm³/mol. The number of benzene rings is 1. The van der Waals surface area contributed by atoms with E-state index >= 15 is 0 Å². The molecule has 1 aromatic heterocycles. The number of anilines is 2. The Balaban J connectivity index is 1.44. The van der Waals surface area contributed by atoms with Gasteiger partial charge < -0.3 is 25.0 Å². The molecule has 0 spiro atoms. The van der Waals surface area contributed by atoms with Crippen molar-refractivity contribution in [2.24, 2.45) is 0 Å². The van der Waals surface area contributed by atoms with Gasteiger partial charge in [-0.25, -0.2) is 4.39 Å². The maximum atomic E-state index is 14.7. The van der Waals surface area contributed by atoms with E-state index < -0.39 is 29.8 Å². The minimum atomic E-state index is -0.953. The van der Waals surface area contributed by atoms with E-state index in [1.807, 2.05) is 0 Å². The van der Waals surface area contributed by atoms with Gasteiger partial charge >= 0.3 is 0 Å². The fourth-order valence-electron chi connectivity index (χ4n) is 3.82. The molecule has 0 radical (unpaired) electrons. The van der Waals surface area contributed by atoms with Gasteiger partial charge in [0, 0.05) is 43.7 Å². The van der Waals surface area contributed by atoms with E-state index in [0.717, 1.165) is 0 Å². The smallest absolute Gasteiger partial charge is 0.253 e. The number of nitrogens with zero attached hydrogens (tertiary/aromatic N) is 3. The molecule has 9 nitrogen and oxygen atoms in total. The highest BCUT2D eigenvalue weighted by atomic mass is 19.1. The lowest BCUT2D eigenvalue weighted by Gasteiger charge is -2.27. The monoisotopic (exact) mass is 454 g/mol. The summed E-state index contributed by atoms with van der Waals surface area (Å²) in [5.74, 6) is -2.04. The number of nitrogens with one attached hydrogen (secondary N) is 1. The van der Waals surface area contributed by atoms with Crippen LogP contribution in [0.5, 0.6) is 0 Å². The van der Waals surface area contributed by atoms with Gasteiger partial charge in [-0.05, 0) is 35.9 Å². The molecule has 2 N–H and O–H groups in total. The fourth-order valence-corrected chi connectivity index (χ4v) is 3.82. The number of aliphatic hydroxyl groups is 1. The number of amides is 3. The first-order chi connectivity index (χ1) is 15.9. The lowest BCUT2D eigenvalue weighted by atomic mass is 10.1. The first-order valence-corrected chi connectivity index (χ1v) is 10.5. The molecule has 0 unspecified atom stereocenters. The van der Waals surface area contributed by atoms with E-state index in [4.69, 9.17) is 4.74 Å². The number of ether oxygens (including phenoxy) is 1. The zero-order valence-electron chi connectivity index (χ0n) is 17.7. The van der Waals surface area contributed by atoms with Crippen molar-refractivity contribution in [3.05, 3.63) is 60.2 Å². The van der Waals surface area contributed by atoms with Crippen LogP contribution in [-0.4, -0.2) is 71.2 Å². The topological polar surface area (TPSA) is 112 Å². The van der Waals surface area contributed by atoms with Gasteiger partial charge in [0.2, 0.25) is 11.8 Å². The Kier molecular flexibility index (Phi) is 6.76. The summed E-state index contributed by atoms with van der Waals surface area (Å²) >= 11 is 0. The van der Waals surface area contributed by atoms with Crippen LogP contribution >= 0.6 is 0 Å². The maximum Gasteiger partial charge on any atom is 0.253 e. The third kappa shape index (κ3) is 5.24. The van der Waals surface area contributed by atoms with Crippen molar-refractivity contribution in [3.8, 4) is 0 Å². The molecule has 10 heteroatoms. The van der Waals surface area contributed by atoms with Gasteiger partial charge in [-0.1, -0.05) is 6.07 Å². The first-order valence-electron chi connectivity index (χ1n) is 10.5. The van der Waals surface area contributed by atoms with Crippen LogP contribution in [0.4, 0.5) is 15.8 Å². The molecule has 2 aliphatic rings. The molecule has 33 heavy (non-hydrogen) atoms. The second kappa shape index (κ2) is 9.88. The van der Waals surface area contributed by atoms with Crippen LogP contribution < -0.4 is 10.2 Å². The highest BCUT2D eigenvalue weighted by Gasteiger charge is 2.38. The molecule has 3 amide bonds. The Morgan fingerprint density at radius 1 is 1.30 bits per heavy atom. The molecule has 4 rings (SSSR count). The van der Waals surface area contributed by atoms with Crippen molar-refractivity contribution < 1.29 is 28.6 Å². The molecule has 2 aromatic rings. The average molecular weight is 454 g/mol. The van der Waals surface area contributed by atoms with Gasteiger partial charge in [-0.2, -0.15) is 0 Å². The molecule has 2 aliphatic heterocycles. The Morgan fingerprint density at radius 3 is 2.88 bits per heavy atom. The van der Waals surface area contributed by atoms with Gasteiger partial charge in [-0.15, -0.1) is 0 Å². The van der Waals surface area contributed by atoms with Gasteiger partial charge in [0.05, 0.1) is 18.4 Å². The minimum Gasteiger partial charge on any atom is -0.391 e. The summed E-state index contributed by atoms with van der Waals surface area (Å²) in [6.45, 7) is 0.598. The summed E-state index contributed by atoms with van der Waals surface area (Å²) < 4.78 is 19.8. The van der Waals surface area contributed by atoms with Crippen molar-refractivity contribution in [2.45, 2.75) is 18.6 Å². The van der Waals surface area contributed by atoms with Crippen molar-refractivity contribution in [1.29, 1.82) is 0 Å².